The molecule has 4 heteroatoms. The molecule has 1 aromatic carbocycles. The molecule has 0 bridgehead atoms. The Labute approximate surface area is 111 Å². The van der Waals surface area contributed by atoms with Gasteiger partial charge in [-0.3, -0.25) is 0 Å². The van der Waals surface area contributed by atoms with E-state index in [1.807, 2.05) is 6.07 Å². The topological polar surface area (TPSA) is 46.2 Å². The molecule has 0 aromatic heterocycles. The first kappa shape index (κ1) is 15.2. The third-order valence-corrected chi connectivity index (χ3v) is 4.87. The molecular weight excluding hydrogens is 246 g/mol. The first-order chi connectivity index (χ1) is 8.60. The molecule has 1 rings (SSSR count). The molecule has 0 radical (unpaired) electrons. The fourth-order valence-corrected chi connectivity index (χ4v) is 3.36. The van der Waals surface area contributed by atoms with E-state index in [1.54, 1.807) is 24.3 Å². The van der Waals surface area contributed by atoms with Crippen LogP contribution in [0.5, 0.6) is 0 Å². The molecular formula is C14H23NO2S. The number of benzene rings is 1. The standard InChI is InChI=1S/C14H23NO2S/c1-3-13(15-4-2)9-8-12-18(16,17)14-10-6-5-7-11-14/h5-7,10-11,13,15H,3-4,8-9,12H2,1-2H3. The Morgan fingerprint density at radius 3 is 2.39 bits per heavy atom. The third kappa shape index (κ3) is 4.78. The lowest BCUT2D eigenvalue weighted by Gasteiger charge is -2.15. The summed E-state index contributed by atoms with van der Waals surface area (Å²) in [6, 6.07) is 9.12. The van der Waals surface area contributed by atoms with Crippen LogP contribution in [0, 0.1) is 0 Å². The van der Waals surface area contributed by atoms with Crippen LogP contribution in [0.25, 0.3) is 0 Å². The van der Waals surface area contributed by atoms with Crippen molar-refractivity contribution in [1.82, 2.24) is 5.32 Å². The summed E-state index contributed by atoms with van der Waals surface area (Å²) in [5.41, 5.74) is 0. The first-order valence-corrected chi connectivity index (χ1v) is 8.26. The maximum Gasteiger partial charge on any atom is 0.178 e. The smallest absolute Gasteiger partial charge is 0.178 e. The van der Waals surface area contributed by atoms with Crippen LogP contribution in [0.1, 0.15) is 33.1 Å². The second kappa shape index (κ2) is 7.54. The van der Waals surface area contributed by atoms with Gasteiger partial charge in [0.25, 0.3) is 0 Å². The molecule has 1 aromatic rings. The zero-order valence-electron chi connectivity index (χ0n) is 11.2. The molecule has 1 N–H and O–H groups in total. The van der Waals surface area contributed by atoms with E-state index in [0.717, 1.165) is 19.4 Å². The van der Waals surface area contributed by atoms with Crippen molar-refractivity contribution in [2.45, 2.75) is 44.0 Å². The molecule has 0 aliphatic rings. The quantitative estimate of drug-likeness (QED) is 0.789. The SMILES string of the molecule is CCNC(CC)CCCS(=O)(=O)c1ccccc1. The van der Waals surface area contributed by atoms with Gasteiger partial charge in [0.05, 0.1) is 10.6 Å². The van der Waals surface area contributed by atoms with E-state index in [1.165, 1.54) is 0 Å². The van der Waals surface area contributed by atoms with Crippen LogP contribution in [-0.2, 0) is 9.84 Å². The number of hydrogen-bond donors (Lipinski definition) is 1. The summed E-state index contributed by atoms with van der Waals surface area (Å²) in [7, 11) is -3.11. The van der Waals surface area contributed by atoms with Crippen molar-refractivity contribution >= 4 is 9.84 Å². The van der Waals surface area contributed by atoms with Crippen LogP contribution in [0.15, 0.2) is 35.2 Å². The highest BCUT2D eigenvalue weighted by molar-refractivity contribution is 7.91. The van der Waals surface area contributed by atoms with Crippen LogP contribution in [0.2, 0.25) is 0 Å². The zero-order chi connectivity index (χ0) is 13.4. The normalized spacial score (nSPS) is 13.4. The van der Waals surface area contributed by atoms with Crippen LogP contribution < -0.4 is 5.32 Å². The molecule has 0 aliphatic carbocycles. The summed E-state index contributed by atoms with van der Waals surface area (Å²) < 4.78 is 24.1. The average molecular weight is 269 g/mol. The van der Waals surface area contributed by atoms with Crippen LogP contribution in [0.3, 0.4) is 0 Å². The van der Waals surface area contributed by atoms with Crippen LogP contribution in [0.4, 0.5) is 0 Å². The molecule has 3 nitrogen and oxygen atoms in total. The first-order valence-electron chi connectivity index (χ1n) is 6.61. The van der Waals surface area contributed by atoms with Crippen molar-refractivity contribution in [3.05, 3.63) is 30.3 Å². The lowest BCUT2D eigenvalue weighted by atomic mass is 10.1. The molecule has 1 unspecified atom stereocenters. The van der Waals surface area contributed by atoms with Gasteiger partial charge in [0.15, 0.2) is 9.84 Å². The van der Waals surface area contributed by atoms with Crippen LogP contribution >= 0.6 is 0 Å². The molecule has 0 saturated carbocycles. The van der Waals surface area contributed by atoms with Gasteiger partial charge in [0, 0.05) is 6.04 Å². The average Bonchev–Trinajstić information content (AvgIpc) is 2.38. The maximum atomic E-state index is 12.0. The number of rotatable bonds is 8. The van der Waals surface area contributed by atoms with E-state index in [-0.39, 0.29) is 5.75 Å². The van der Waals surface area contributed by atoms with Crippen molar-refractivity contribution in [3.8, 4) is 0 Å². The predicted molar refractivity (Wildman–Crippen MR) is 75.5 cm³/mol. The van der Waals surface area contributed by atoms with Gasteiger partial charge < -0.3 is 5.32 Å². The van der Waals surface area contributed by atoms with Crippen LogP contribution in [-0.4, -0.2) is 26.8 Å². The Morgan fingerprint density at radius 2 is 1.83 bits per heavy atom. The van der Waals surface area contributed by atoms with Gasteiger partial charge in [-0.15, -0.1) is 0 Å². The van der Waals surface area contributed by atoms with Crippen molar-refractivity contribution in [2.24, 2.45) is 0 Å². The van der Waals surface area contributed by atoms with Gasteiger partial charge >= 0.3 is 0 Å². The monoisotopic (exact) mass is 269 g/mol. The Balaban J connectivity index is 2.48. The number of hydrogen-bond acceptors (Lipinski definition) is 3. The van der Waals surface area contributed by atoms with E-state index in [0.29, 0.717) is 17.4 Å². The van der Waals surface area contributed by atoms with Crippen molar-refractivity contribution < 1.29 is 8.42 Å². The molecule has 18 heavy (non-hydrogen) atoms. The molecule has 0 saturated heterocycles. The van der Waals surface area contributed by atoms with Gasteiger partial charge in [-0.2, -0.15) is 0 Å². The lowest BCUT2D eigenvalue weighted by molar-refractivity contribution is 0.475. The van der Waals surface area contributed by atoms with Gasteiger partial charge in [0.2, 0.25) is 0 Å². The van der Waals surface area contributed by atoms with E-state index in [9.17, 15) is 8.42 Å². The number of nitrogens with one attached hydrogen (secondary N) is 1. The maximum absolute atomic E-state index is 12.0. The summed E-state index contributed by atoms with van der Waals surface area (Å²) in [4.78, 5) is 0.432. The Kier molecular flexibility index (Phi) is 6.36. The summed E-state index contributed by atoms with van der Waals surface area (Å²) in [5, 5.41) is 3.36. The molecule has 0 fully saturated rings. The molecule has 0 amide bonds. The fourth-order valence-electron chi connectivity index (χ4n) is 2.00. The number of sulfone groups is 1. The second-order valence-electron chi connectivity index (χ2n) is 4.44. The molecule has 0 spiro atoms. The summed E-state index contributed by atoms with van der Waals surface area (Å²) >= 11 is 0. The van der Waals surface area contributed by atoms with Crippen molar-refractivity contribution in [2.75, 3.05) is 12.3 Å². The summed E-state index contributed by atoms with van der Waals surface area (Å²) in [6.07, 6.45) is 2.67. The van der Waals surface area contributed by atoms with E-state index in [2.05, 4.69) is 19.2 Å². The van der Waals surface area contributed by atoms with E-state index in [4.69, 9.17) is 0 Å². The minimum Gasteiger partial charge on any atom is -0.314 e. The molecule has 102 valence electrons. The Bertz CT molecular complexity index is 428. The highest BCUT2D eigenvalue weighted by atomic mass is 32.2. The van der Waals surface area contributed by atoms with Gasteiger partial charge in [-0.05, 0) is 37.9 Å². The van der Waals surface area contributed by atoms with Crippen molar-refractivity contribution in [3.63, 3.8) is 0 Å². The highest BCUT2D eigenvalue weighted by Gasteiger charge is 2.14. The van der Waals surface area contributed by atoms with Crippen molar-refractivity contribution in [1.29, 1.82) is 0 Å². The van der Waals surface area contributed by atoms with Gasteiger partial charge in [0.1, 0.15) is 0 Å². The Hall–Kier alpha value is -0.870. The summed E-state index contributed by atoms with van der Waals surface area (Å²) in [6.45, 7) is 5.13. The van der Waals surface area contributed by atoms with Gasteiger partial charge in [-0.25, -0.2) is 8.42 Å². The predicted octanol–water partition coefficient (Wildman–Crippen LogP) is 2.63. The second-order valence-corrected chi connectivity index (χ2v) is 6.55. The largest absolute Gasteiger partial charge is 0.314 e. The zero-order valence-corrected chi connectivity index (χ0v) is 12.0. The fraction of sp³-hybridized carbons (Fsp3) is 0.571. The highest BCUT2D eigenvalue weighted by Crippen LogP contribution is 2.13. The Morgan fingerprint density at radius 1 is 1.17 bits per heavy atom. The molecule has 1 atom stereocenters. The molecule has 0 heterocycles. The summed E-state index contributed by atoms with van der Waals surface area (Å²) in [5.74, 6) is 0.235. The van der Waals surface area contributed by atoms with Gasteiger partial charge in [-0.1, -0.05) is 32.0 Å². The minimum absolute atomic E-state index is 0.235. The minimum atomic E-state index is -3.11. The third-order valence-electron chi connectivity index (χ3n) is 3.05. The molecule has 0 aliphatic heterocycles. The van der Waals surface area contributed by atoms with E-state index >= 15 is 0 Å². The lowest BCUT2D eigenvalue weighted by Crippen LogP contribution is -2.28. The van der Waals surface area contributed by atoms with E-state index < -0.39 is 9.84 Å².